The molecule has 1 atom stereocenters. The van der Waals surface area contributed by atoms with Crippen molar-refractivity contribution in [2.24, 2.45) is 0 Å². The average Bonchev–Trinajstić information content (AvgIpc) is 3.33. The normalized spacial score (nSPS) is 18.7. The molecule has 0 bridgehead atoms. The Bertz CT molecular complexity index is 1040. The van der Waals surface area contributed by atoms with E-state index in [2.05, 4.69) is 27.4 Å². The smallest absolute Gasteiger partial charge is 0.318 e. The van der Waals surface area contributed by atoms with Crippen molar-refractivity contribution in [1.29, 1.82) is 0 Å². The van der Waals surface area contributed by atoms with Crippen molar-refractivity contribution in [1.82, 2.24) is 20.2 Å². The second kappa shape index (κ2) is 6.46. The summed E-state index contributed by atoms with van der Waals surface area (Å²) in [6.45, 7) is 1.78. The van der Waals surface area contributed by atoms with Gasteiger partial charge in [-0.25, -0.2) is 9.78 Å². The summed E-state index contributed by atoms with van der Waals surface area (Å²) in [4.78, 5) is 22.1. The molecule has 0 fully saturated rings. The molecule has 6 heteroatoms. The molecular weight excluding hydrogens is 340 g/mol. The van der Waals surface area contributed by atoms with Crippen molar-refractivity contribution in [3.63, 3.8) is 0 Å². The summed E-state index contributed by atoms with van der Waals surface area (Å²) in [6, 6.07) is 11.8. The van der Waals surface area contributed by atoms with Gasteiger partial charge in [0.05, 0.1) is 6.04 Å². The Morgan fingerprint density at radius 2 is 2.19 bits per heavy atom. The molecule has 6 nitrogen and oxygen atoms in total. The van der Waals surface area contributed by atoms with E-state index in [0.717, 1.165) is 28.8 Å². The summed E-state index contributed by atoms with van der Waals surface area (Å²) in [5.74, 6) is 0.858. The van der Waals surface area contributed by atoms with E-state index in [-0.39, 0.29) is 12.1 Å². The number of amides is 2. The predicted octanol–water partition coefficient (Wildman–Crippen LogP) is 3.50. The van der Waals surface area contributed by atoms with Gasteiger partial charge in [0, 0.05) is 42.0 Å². The van der Waals surface area contributed by atoms with Crippen LogP contribution in [-0.4, -0.2) is 40.6 Å². The Labute approximate surface area is 156 Å². The number of carbonyl (C=O) groups is 1. The highest BCUT2D eigenvalue weighted by Crippen LogP contribution is 2.32. The third-order valence-corrected chi connectivity index (χ3v) is 5.29. The minimum atomic E-state index is -0.0845. The van der Waals surface area contributed by atoms with Gasteiger partial charge < -0.3 is 19.9 Å². The molecule has 0 aliphatic carbocycles. The number of nitrogens with one attached hydrogen (secondary N) is 2. The van der Waals surface area contributed by atoms with E-state index in [1.165, 1.54) is 11.1 Å². The van der Waals surface area contributed by atoms with E-state index in [4.69, 9.17) is 4.74 Å². The fraction of sp³-hybridized carbons (Fsp3) is 0.238. The van der Waals surface area contributed by atoms with Crippen molar-refractivity contribution in [3.05, 3.63) is 66.0 Å². The molecule has 27 heavy (non-hydrogen) atoms. The molecule has 0 saturated heterocycles. The average molecular weight is 360 g/mol. The first-order valence-corrected chi connectivity index (χ1v) is 9.18. The van der Waals surface area contributed by atoms with Crippen LogP contribution in [0.15, 0.2) is 54.9 Å². The van der Waals surface area contributed by atoms with Gasteiger partial charge in [-0.2, -0.15) is 0 Å². The van der Waals surface area contributed by atoms with Crippen molar-refractivity contribution in [2.45, 2.75) is 12.5 Å². The zero-order chi connectivity index (χ0) is 18.2. The molecule has 0 saturated carbocycles. The molecule has 2 amide bonds. The lowest BCUT2D eigenvalue weighted by Crippen LogP contribution is -2.43. The highest BCUT2D eigenvalue weighted by atomic mass is 16.5. The molecule has 2 N–H and O–H groups in total. The highest BCUT2D eigenvalue weighted by molar-refractivity contribution is 5.91. The van der Waals surface area contributed by atoms with Gasteiger partial charge in [-0.15, -0.1) is 0 Å². The van der Waals surface area contributed by atoms with E-state index >= 15 is 0 Å². The number of benzene rings is 1. The topological polar surface area (TPSA) is 70.2 Å². The number of para-hydroxylation sites is 1. The Kier molecular flexibility index (Phi) is 3.81. The first-order chi connectivity index (χ1) is 13.3. The molecule has 2 aromatic heterocycles. The molecule has 1 aromatic carbocycles. The van der Waals surface area contributed by atoms with Crippen molar-refractivity contribution < 1.29 is 9.53 Å². The Hall–Kier alpha value is -3.28. The van der Waals surface area contributed by atoms with Gasteiger partial charge in [0.15, 0.2) is 0 Å². The molecule has 1 unspecified atom stereocenters. The molecule has 5 rings (SSSR count). The molecule has 0 radical (unpaired) electrons. The Balaban J connectivity index is 1.28. The standard InChI is InChI=1S/C21H20N4O2/c26-21(24-18-13-27-19-6-2-1-4-16(18)19)25-10-7-14(8-11-25)17-12-23-20-15(17)5-3-9-22-20/h1-7,9,12,18H,8,10-11,13H2,(H,22,23)(H,24,26). The minimum Gasteiger partial charge on any atom is -0.491 e. The third kappa shape index (κ3) is 2.83. The van der Waals surface area contributed by atoms with Gasteiger partial charge in [0.2, 0.25) is 0 Å². The molecule has 4 heterocycles. The lowest BCUT2D eigenvalue weighted by molar-refractivity contribution is 0.195. The SMILES string of the molecule is O=C(NC1COc2ccccc21)N1CC=C(c2c[nH]c3ncccc23)CC1. The fourth-order valence-corrected chi connectivity index (χ4v) is 3.84. The number of pyridine rings is 1. The number of hydrogen-bond acceptors (Lipinski definition) is 3. The van der Waals surface area contributed by atoms with Gasteiger partial charge in [0.1, 0.15) is 18.0 Å². The second-order valence-corrected chi connectivity index (χ2v) is 6.88. The Morgan fingerprint density at radius 3 is 3.07 bits per heavy atom. The van der Waals surface area contributed by atoms with Crippen molar-refractivity contribution in [2.75, 3.05) is 19.7 Å². The summed E-state index contributed by atoms with van der Waals surface area (Å²) in [7, 11) is 0. The zero-order valence-corrected chi connectivity index (χ0v) is 14.8. The van der Waals surface area contributed by atoms with Gasteiger partial charge in [0.25, 0.3) is 0 Å². The monoisotopic (exact) mass is 360 g/mol. The van der Waals surface area contributed by atoms with Crippen LogP contribution in [0.1, 0.15) is 23.6 Å². The number of hydrogen-bond donors (Lipinski definition) is 2. The number of urea groups is 1. The lowest BCUT2D eigenvalue weighted by atomic mass is 10.00. The molecule has 136 valence electrons. The summed E-state index contributed by atoms with van der Waals surface area (Å²) in [5.41, 5.74) is 4.38. The van der Waals surface area contributed by atoms with Crippen LogP contribution in [0.25, 0.3) is 16.6 Å². The first kappa shape index (κ1) is 15.9. The summed E-state index contributed by atoms with van der Waals surface area (Å²) < 4.78 is 5.65. The predicted molar refractivity (Wildman–Crippen MR) is 103 cm³/mol. The zero-order valence-electron chi connectivity index (χ0n) is 14.8. The number of fused-ring (bicyclic) bond motifs is 2. The largest absolute Gasteiger partial charge is 0.491 e. The van der Waals surface area contributed by atoms with Crippen LogP contribution < -0.4 is 10.1 Å². The number of aromatic amines is 1. The maximum absolute atomic E-state index is 12.7. The number of ether oxygens (including phenoxy) is 1. The number of nitrogens with zero attached hydrogens (tertiary/aromatic N) is 2. The van der Waals surface area contributed by atoms with E-state index in [1.54, 1.807) is 6.20 Å². The quantitative estimate of drug-likeness (QED) is 0.735. The summed E-state index contributed by atoms with van der Waals surface area (Å²) in [6.07, 6.45) is 6.76. The Morgan fingerprint density at radius 1 is 1.26 bits per heavy atom. The maximum atomic E-state index is 12.7. The minimum absolute atomic E-state index is 0.0452. The lowest BCUT2D eigenvalue weighted by Gasteiger charge is -2.28. The van der Waals surface area contributed by atoms with Crippen LogP contribution in [0.3, 0.4) is 0 Å². The highest BCUT2D eigenvalue weighted by Gasteiger charge is 2.27. The number of carbonyl (C=O) groups excluding carboxylic acids is 1. The molecular formula is C21H20N4O2. The number of aromatic nitrogens is 2. The van der Waals surface area contributed by atoms with Crippen LogP contribution in [0.5, 0.6) is 5.75 Å². The van der Waals surface area contributed by atoms with Crippen LogP contribution in [0.4, 0.5) is 4.79 Å². The van der Waals surface area contributed by atoms with Gasteiger partial charge in [-0.3, -0.25) is 0 Å². The maximum Gasteiger partial charge on any atom is 0.318 e. The molecule has 0 spiro atoms. The van der Waals surface area contributed by atoms with Crippen LogP contribution in [-0.2, 0) is 0 Å². The first-order valence-electron chi connectivity index (χ1n) is 9.18. The van der Waals surface area contributed by atoms with Crippen LogP contribution >= 0.6 is 0 Å². The number of H-pyrrole nitrogens is 1. The van der Waals surface area contributed by atoms with Crippen LogP contribution in [0, 0.1) is 0 Å². The van der Waals surface area contributed by atoms with Gasteiger partial charge in [-0.05, 0) is 30.2 Å². The molecule has 2 aliphatic heterocycles. The number of rotatable bonds is 2. The van der Waals surface area contributed by atoms with Gasteiger partial charge in [-0.1, -0.05) is 24.3 Å². The van der Waals surface area contributed by atoms with E-state index in [1.807, 2.05) is 41.4 Å². The molecule has 3 aromatic rings. The van der Waals surface area contributed by atoms with E-state index in [0.29, 0.717) is 19.7 Å². The van der Waals surface area contributed by atoms with E-state index in [9.17, 15) is 4.79 Å². The fourth-order valence-electron chi connectivity index (χ4n) is 3.84. The summed E-state index contributed by atoms with van der Waals surface area (Å²) in [5, 5.41) is 4.23. The van der Waals surface area contributed by atoms with Gasteiger partial charge >= 0.3 is 6.03 Å². The van der Waals surface area contributed by atoms with Crippen molar-refractivity contribution in [3.8, 4) is 5.75 Å². The van der Waals surface area contributed by atoms with Crippen molar-refractivity contribution >= 4 is 22.6 Å². The molecule has 2 aliphatic rings. The second-order valence-electron chi connectivity index (χ2n) is 6.88. The summed E-state index contributed by atoms with van der Waals surface area (Å²) >= 11 is 0. The third-order valence-electron chi connectivity index (χ3n) is 5.29. The van der Waals surface area contributed by atoms with Crippen LogP contribution in [0.2, 0.25) is 0 Å². The van der Waals surface area contributed by atoms with E-state index < -0.39 is 0 Å².